The smallest absolute Gasteiger partial charge is 0.267 e. The summed E-state index contributed by atoms with van der Waals surface area (Å²) in [7, 11) is 3.04. The number of morpholine rings is 1. The molecule has 29 heavy (non-hydrogen) atoms. The van der Waals surface area contributed by atoms with Crippen molar-refractivity contribution in [1.82, 2.24) is 4.90 Å². The highest BCUT2D eigenvalue weighted by atomic mass is 16.5. The summed E-state index contributed by atoms with van der Waals surface area (Å²) in [6, 6.07) is 12.2. The van der Waals surface area contributed by atoms with Crippen LogP contribution in [0.3, 0.4) is 0 Å². The summed E-state index contributed by atoms with van der Waals surface area (Å²) in [5.41, 5.74) is 1.97. The molecule has 0 aliphatic carbocycles. The molecule has 0 unspecified atom stereocenters. The second kappa shape index (κ2) is 7.97. The molecule has 0 aromatic heterocycles. The molecule has 7 nitrogen and oxygen atoms in total. The van der Waals surface area contributed by atoms with E-state index >= 15 is 0 Å². The maximum Gasteiger partial charge on any atom is 0.267 e. The van der Waals surface area contributed by atoms with Gasteiger partial charge in [-0.25, -0.2) is 4.90 Å². The van der Waals surface area contributed by atoms with E-state index in [4.69, 9.17) is 14.2 Å². The molecule has 0 spiro atoms. The van der Waals surface area contributed by atoms with Crippen LogP contribution in [0, 0.1) is 0 Å². The Kier molecular flexibility index (Phi) is 5.22. The van der Waals surface area contributed by atoms with Crippen molar-refractivity contribution in [3.63, 3.8) is 0 Å². The van der Waals surface area contributed by atoms with Crippen LogP contribution in [0.25, 0.3) is 5.57 Å². The molecule has 0 saturated carbocycles. The number of amides is 2. The fourth-order valence-corrected chi connectivity index (χ4v) is 3.56. The standard InChI is InChI=1S/C22H22N2O5/c1-27-15-7-8-19(20(13-15)28-2)24-21(25)17-6-4-3-5-16(17)18(22(24)26)14-23-9-11-29-12-10-23/h3-8,13-14H,9-12H2,1-2H3. The number of methoxy groups -OCH3 is 2. The molecular weight excluding hydrogens is 372 g/mol. The van der Waals surface area contributed by atoms with Gasteiger partial charge in [-0.3, -0.25) is 9.59 Å². The third-order valence-corrected chi connectivity index (χ3v) is 5.07. The molecule has 0 atom stereocenters. The molecule has 1 fully saturated rings. The predicted molar refractivity (Wildman–Crippen MR) is 108 cm³/mol. The Morgan fingerprint density at radius 3 is 2.34 bits per heavy atom. The highest BCUT2D eigenvalue weighted by molar-refractivity contribution is 6.41. The first kappa shape index (κ1) is 19.0. The van der Waals surface area contributed by atoms with E-state index < -0.39 is 0 Å². The molecule has 2 aromatic rings. The Labute approximate surface area is 169 Å². The predicted octanol–water partition coefficient (Wildman–Crippen LogP) is 2.56. The SMILES string of the molecule is COc1ccc(N2C(=O)C(=CN3CCOCC3)c3ccccc3C2=O)c(OC)c1. The van der Waals surface area contributed by atoms with Gasteiger partial charge in [-0.1, -0.05) is 18.2 Å². The summed E-state index contributed by atoms with van der Waals surface area (Å²) >= 11 is 0. The van der Waals surface area contributed by atoms with Crippen LogP contribution in [-0.2, 0) is 9.53 Å². The van der Waals surface area contributed by atoms with Gasteiger partial charge in [-0.15, -0.1) is 0 Å². The molecule has 7 heteroatoms. The second-order valence-electron chi connectivity index (χ2n) is 6.72. The molecule has 0 N–H and O–H groups in total. The van der Waals surface area contributed by atoms with Gasteiger partial charge in [0.05, 0.1) is 38.7 Å². The molecule has 2 aliphatic heterocycles. The number of ether oxygens (including phenoxy) is 3. The Balaban J connectivity index is 1.83. The van der Waals surface area contributed by atoms with E-state index in [9.17, 15) is 9.59 Å². The van der Waals surface area contributed by atoms with E-state index in [-0.39, 0.29) is 11.8 Å². The van der Waals surface area contributed by atoms with Crippen molar-refractivity contribution in [3.8, 4) is 11.5 Å². The highest BCUT2D eigenvalue weighted by Gasteiger charge is 2.37. The zero-order chi connectivity index (χ0) is 20.4. The molecule has 2 amide bonds. The second-order valence-corrected chi connectivity index (χ2v) is 6.72. The van der Waals surface area contributed by atoms with Crippen molar-refractivity contribution in [2.24, 2.45) is 0 Å². The van der Waals surface area contributed by atoms with Gasteiger partial charge < -0.3 is 19.1 Å². The van der Waals surface area contributed by atoms with Gasteiger partial charge in [-0.05, 0) is 18.2 Å². The van der Waals surface area contributed by atoms with Crippen LogP contribution in [0.15, 0.2) is 48.7 Å². The summed E-state index contributed by atoms with van der Waals surface area (Å²) in [6.07, 6.45) is 1.83. The number of hydrogen-bond acceptors (Lipinski definition) is 6. The Hall–Kier alpha value is -3.32. The first-order chi connectivity index (χ1) is 14.1. The van der Waals surface area contributed by atoms with E-state index in [0.29, 0.717) is 60.2 Å². The molecule has 1 saturated heterocycles. The maximum absolute atomic E-state index is 13.5. The molecule has 2 heterocycles. The van der Waals surface area contributed by atoms with E-state index in [2.05, 4.69) is 0 Å². The number of nitrogens with zero attached hydrogens (tertiary/aromatic N) is 2. The van der Waals surface area contributed by atoms with Crippen molar-refractivity contribution in [3.05, 3.63) is 59.8 Å². The number of imide groups is 1. The van der Waals surface area contributed by atoms with Crippen LogP contribution in [0.2, 0.25) is 0 Å². The highest BCUT2D eigenvalue weighted by Crippen LogP contribution is 2.38. The van der Waals surface area contributed by atoms with Gasteiger partial charge in [0.2, 0.25) is 0 Å². The third kappa shape index (κ3) is 3.45. The minimum Gasteiger partial charge on any atom is -0.497 e. The maximum atomic E-state index is 13.5. The van der Waals surface area contributed by atoms with Crippen molar-refractivity contribution in [2.45, 2.75) is 0 Å². The summed E-state index contributed by atoms with van der Waals surface area (Å²) in [6.45, 7) is 2.60. The van der Waals surface area contributed by atoms with Crippen molar-refractivity contribution >= 4 is 23.1 Å². The van der Waals surface area contributed by atoms with E-state index in [1.54, 1.807) is 43.5 Å². The van der Waals surface area contributed by atoms with Crippen LogP contribution in [0.5, 0.6) is 11.5 Å². The summed E-state index contributed by atoms with van der Waals surface area (Å²) in [5, 5.41) is 0. The topological polar surface area (TPSA) is 68.3 Å². The lowest BCUT2D eigenvalue weighted by Gasteiger charge is -2.32. The quantitative estimate of drug-likeness (QED) is 0.587. The molecule has 4 rings (SSSR count). The average Bonchev–Trinajstić information content (AvgIpc) is 2.77. The average molecular weight is 394 g/mol. The van der Waals surface area contributed by atoms with E-state index in [0.717, 1.165) is 0 Å². The largest absolute Gasteiger partial charge is 0.497 e. The van der Waals surface area contributed by atoms with Gasteiger partial charge >= 0.3 is 0 Å². The molecule has 0 bridgehead atoms. The zero-order valence-electron chi connectivity index (χ0n) is 16.4. The first-order valence-corrected chi connectivity index (χ1v) is 9.38. The summed E-state index contributed by atoms with van der Waals surface area (Å²) in [4.78, 5) is 30.0. The Bertz CT molecular complexity index is 979. The Morgan fingerprint density at radius 1 is 0.931 bits per heavy atom. The fraction of sp³-hybridized carbons (Fsp3) is 0.273. The van der Waals surface area contributed by atoms with Crippen LogP contribution in [-0.4, -0.2) is 57.2 Å². The lowest BCUT2D eigenvalue weighted by Crippen LogP contribution is -2.43. The minimum absolute atomic E-state index is 0.380. The van der Waals surface area contributed by atoms with Crippen molar-refractivity contribution < 1.29 is 23.8 Å². The lowest BCUT2D eigenvalue weighted by atomic mass is 9.93. The zero-order valence-corrected chi connectivity index (χ0v) is 16.4. The summed E-state index contributed by atoms with van der Waals surface area (Å²) < 4.78 is 16.1. The van der Waals surface area contributed by atoms with Gasteiger partial charge in [0.15, 0.2) is 0 Å². The molecule has 2 aliphatic rings. The van der Waals surface area contributed by atoms with Gasteiger partial charge in [0.1, 0.15) is 11.5 Å². The van der Waals surface area contributed by atoms with Gasteiger partial charge in [0, 0.05) is 36.5 Å². The Morgan fingerprint density at radius 2 is 1.66 bits per heavy atom. The number of carbonyl (C=O) groups excluding carboxylic acids is 2. The molecule has 2 aromatic carbocycles. The number of rotatable bonds is 4. The van der Waals surface area contributed by atoms with Gasteiger partial charge in [0.25, 0.3) is 11.8 Å². The van der Waals surface area contributed by atoms with Crippen LogP contribution < -0.4 is 14.4 Å². The van der Waals surface area contributed by atoms with Crippen LogP contribution in [0.1, 0.15) is 15.9 Å². The van der Waals surface area contributed by atoms with Crippen molar-refractivity contribution in [2.75, 3.05) is 45.4 Å². The number of hydrogen-bond donors (Lipinski definition) is 0. The fourth-order valence-electron chi connectivity index (χ4n) is 3.56. The van der Waals surface area contributed by atoms with Crippen LogP contribution >= 0.6 is 0 Å². The van der Waals surface area contributed by atoms with E-state index in [1.807, 2.05) is 17.2 Å². The first-order valence-electron chi connectivity index (χ1n) is 9.38. The normalized spacial score (nSPS) is 18.1. The molecule has 150 valence electrons. The summed E-state index contributed by atoms with van der Waals surface area (Å²) in [5.74, 6) is 0.194. The number of carbonyl (C=O) groups is 2. The number of fused-ring (bicyclic) bond motifs is 1. The number of anilines is 1. The number of benzene rings is 2. The monoisotopic (exact) mass is 394 g/mol. The van der Waals surface area contributed by atoms with E-state index in [1.165, 1.54) is 12.0 Å². The lowest BCUT2D eigenvalue weighted by molar-refractivity contribution is -0.113. The third-order valence-electron chi connectivity index (χ3n) is 5.07. The molecule has 0 radical (unpaired) electrons. The van der Waals surface area contributed by atoms with Crippen molar-refractivity contribution in [1.29, 1.82) is 0 Å². The van der Waals surface area contributed by atoms with Crippen LogP contribution in [0.4, 0.5) is 5.69 Å². The van der Waals surface area contributed by atoms with Gasteiger partial charge in [-0.2, -0.15) is 0 Å². The minimum atomic E-state index is -0.386. The molecular formula is C22H22N2O5.